The van der Waals surface area contributed by atoms with E-state index in [2.05, 4.69) is 33.1 Å². The number of hydrogen-bond acceptors (Lipinski definition) is 4. The van der Waals surface area contributed by atoms with Crippen LogP contribution in [0.25, 0.3) is 0 Å². The number of rotatable bonds is 10. The fraction of sp³-hybridized carbons (Fsp3) is 0.650. The van der Waals surface area contributed by atoms with Gasteiger partial charge in [0.15, 0.2) is 5.96 Å². The summed E-state index contributed by atoms with van der Waals surface area (Å²) in [6.07, 6.45) is 3.37. The van der Waals surface area contributed by atoms with Crippen molar-refractivity contribution in [2.75, 3.05) is 53.1 Å². The van der Waals surface area contributed by atoms with Crippen molar-refractivity contribution in [2.24, 2.45) is 4.99 Å². The molecule has 1 aromatic carbocycles. The van der Waals surface area contributed by atoms with Crippen LogP contribution in [0.3, 0.4) is 0 Å². The lowest BCUT2D eigenvalue weighted by Gasteiger charge is -2.34. The number of halogens is 1. The van der Waals surface area contributed by atoms with Gasteiger partial charge in [0.1, 0.15) is 12.4 Å². The summed E-state index contributed by atoms with van der Waals surface area (Å²) in [6, 6.07) is 7.87. The molecule has 0 aliphatic carbocycles. The maximum Gasteiger partial charge on any atom is 0.194 e. The molecule has 1 aromatic rings. The second-order valence-corrected chi connectivity index (χ2v) is 7.36. The molecule has 7 heteroatoms. The van der Waals surface area contributed by atoms with Crippen LogP contribution in [0.2, 0.25) is 0 Å². The summed E-state index contributed by atoms with van der Waals surface area (Å²) in [6.45, 7) is 7.61. The largest absolute Gasteiger partial charge is 0.492 e. The van der Waals surface area contributed by atoms with Gasteiger partial charge in [-0.05, 0) is 44.4 Å². The Hall–Kier alpha value is -1.31. The molecule has 152 valence electrons. The van der Waals surface area contributed by atoms with Gasteiger partial charge in [0.2, 0.25) is 0 Å². The van der Waals surface area contributed by atoms with Crippen molar-refractivity contribution in [1.29, 1.82) is 0 Å². The Bertz CT molecular complexity index is 563. The average molecular weight is 442 g/mol. The van der Waals surface area contributed by atoms with Crippen LogP contribution in [0.1, 0.15) is 26.2 Å². The Morgan fingerprint density at radius 3 is 2.78 bits per heavy atom. The molecule has 0 saturated carbocycles. The van der Waals surface area contributed by atoms with Gasteiger partial charge in [0.25, 0.3) is 0 Å². The molecule has 2 rings (SSSR count). The summed E-state index contributed by atoms with van der Waals surface area (Å²) in [5, 5.41) is 3.39. The predicted molar refractivity (Wildman–Crippen MR) is 113 cm³/mol. The van der Waals surface area contributed by atoms with Gasteiger partial charge in [-0.2, -0.15) is 0 Å². The average Bonchev–Trinajstić information content (AvgIpc) is 2.68. The Labute approximate surface area is 171 Å². The topological polar surface area (TPSA) is 55.3 Å². The fourth-order valence-corrected chi connectivity index (χ4v) is 3.36. The van der Waals surface area contributed by atoms with Crippen LogP contribution in [0.4, 0.5) is 0 Å². The number of aliphatic imine (C=N–C) groups is 1. The molecule has 0 bridgehead atoms. The third-order valence-electron chi connectivity index (χ3n) is 4.34. The van der Waals surface area contributed by atoms with Crippen LogP contribution in [0.5, 0.6) is 5.75 Å². The molecular weight excluding hydrogens is 410 g/mol. The molecule has 0 spiro atoms. The van der Waals surface area contributed by atoms with Gasteiger partial charge in [0, 0.05) is 44.4 Å². The molecule has 0 aromatic heterocycles. The van der Waals surface area contributed by atoms with Crippen LogP contribution >= 0.6 is 15.9 Å². The zero-order chi connectivity index (χ0) is 19.3. The number of likely N-dealkylation sites (tertiary alicyclic amines) is 1. The quantitative estimate of drug-likeness (QED) is 0.342. The Morgan fingerprint density at radius 1 is 1.26 bits per heavy atom. The van der Waals surface area contributed by atoms with E-state index >= 15 is 0 Å². The van der Waals surface area contributed by atoms with Gasteiger partial charge in [-0.25, -0.2) is 4.99 Å². The highest BCUT2D eigenvalue weighted by Crippen LogP contribution is 2.17. The molecule has 0 amide bonds. The molecular formula is C20H32BrN3O3. The van der Waals surface area contributed by atoms with Crippen molar-refractivity contribution in [2.45, 2.75) is 32.3 Å². The molecule has 1 fully saturated rings. The van der Waals surface area contributed by atoms with Crippen LogP contribution in [0.15, 0.2) is 33.7 Å². The van der Waals surface area contributed by atoms with E-state index in [-0.39, 0.29) is 0 Å². The van der Waals surface area contributed by atoms with Crippen LogP contribution in [-0.2, 0) is 9.47 Å². The van der Waals surface area contributed by atoms with Gasteiger partial charge < -0.3 is 24.4 Å². The van der Waals surface area contributed by atoms with E-state index in [1.807, 2.05) is 24.3 Å². The molecule has 1 aliphatic heterocycles. The van der Waals surface area contributed by atoms with Crippen molar-refractivity contribution < 1.29 is 14.2 Å². The summed E-state index contributed by atoms with van der Waals surface area (Å²) in [4.78, 5) is 7.04. The first-order chi connectivity index (χ1) is 13.2. The zero-order valence-corrected chi connectivity index (χ0v) is 18.0. The third kappa shape index (κ3) is 8.49. The lowest BCUT2D eigenvalue weighted by molar-refractivity contribution is 0.00990. The molecule has 1 aliphatic rings. The first kappa shape index (κ1) is 22.0. The number of methoxy groups -OCH3 is 1. The van der Waals surface area contributed by atoms with E-state index in [1.54, 1.807) is 7.11 Å². The number of nitrogens with one attached hydrogen (secondary N) is 1. The first-order valence-corrected chi connectivity index (χ1v) is 10.5. The normalized spacial score (nSPS) is 15.8. The standard InChI is InChI=1S/C20H32BrN3O3/c1-3-22-20(23-10-15-27-19-7-4-6-17(21)16-19)24-11-8-18(9-12-24)26-14-5-13-25-2/h4,6-7,16,18H,3,5,8-15H2,1-2H3,(H,22,23). The molecule has 6 nitrogen and oxygen atoms in total. The second-order valence-electron chi connectivity index (χ2n) is 6.45. The Morgan fingerprint density at radius 2 is 2.07 bits per heavy atom. The minimum Gasteiger partial charge on any atom is -0.492 e. The van der Waals surface area contributed by atoms with Crippen LogP contribution < -0.4 is 10.1 Å². The zero-order valence-electron chi connectivity index (χ0n) is 16.5. The summed E-state index contributed by atoms with van der Waals surface area (Å²) in [5.41, 5.74) is 0. The lowest BCUT2D eigenvalue weighted by Crippen LogP contribution is -2.47. The van der Waals surface area contributed by atoms with Crippen molar-refractivity contribution in [3.63, 3.8) is 0 Å². The molecule has 1 heterocycles. The van der Waals surface area contributed by atoms with Gasteiger partial charge in [-0.3, -0.25) is 0 Å². The van der Waals surface area contributed by atoms with E-state index < -0.39 is 0 Å². The van der Waals surface area contributed by atoms with E-state index in [0.717, 1.165) is 68.3 Å². The number of benzene rings is 1. The fourth-order valence-electron chi connectivity index (χ4n) is 2.99. The van der Waals surface area contributed by atoms with Crippen molar-refractivity contribution in [3.8, 4) is 5.75 Å². The van der Waals surface area contributed by atoms with Crippen molar-refractivity contribution in [3.05, 3.63) is 28.7 Å². The molecule has 27 heavy (non-hydrogen) atoms. The first-order valence-electron chi connectivity index (χ1n) is 9.75. The number of hydrogen-bond donors (Lipinski definition) is 1. The van der Waals surface area contributed by atoms with Crippen LogP contribution in [-0.4, -0.2) is 70.1 Å². The predicted octanol–water partition coefficient (Wildman–Crippen LogP) is 3.31. The van der Waals surface area contributed by atoms with Crippen molar-refractivity contribution in [1.82, 2.24) is 10.2 Å². The minimum atomic E-state index is 0.348. The van der Waals surface area contributed by atoms with Crippen molar-refractivity contribution >= 4 is 21.9 Å². The molecule has 1 N–H and O–H groups in total. The van der Waals surface area contributed by atoms with Gasteiger partial charge in [-0.15, -0.1) is 0 Å². The third-order valence-corrected chi connectivity index (χ3v) is 4.83. The van der Waals surface area contributed by atoms with Gasteiger partial charge >= 0.3 is 0 Å². The molecule has 0 unspecified atom stereocenters. The summed E-state index contributed by atoms with van der Waals surface area (Å²) < 4.78 is 17.8. The monoisotopic (exact) mass is 441 g/mol. The maximum absolute atomic E-state index is 5.94. The number of guanidine groups is 1. The summed E-state index contributed by atoms with van der Waals surface area (Å²) in [7, 11) is 1.73. The van der Waals surface area contributed by atoms with E-state index in [9.17, 15) is 0 Å². The smallest absolute Gasteiger partial charge is 0.194 e. The number of piperidine rings is 1. The Kier molecular flexibility index (Phi) is 10.6. The maximum atomic E-state index is 5.94. The van der Waals surface area contributed by atoms with E-state index in [4.69, 9.17) is 19.2 Å². The van der Waals surface area contributed by atoms with E-state index in [0.29, 0.717) is 19.3 Å². The molecule has 1 saturated heterocycles. The highest BCUT2D eigenvalue weighted by atomic mass is 79.9. The van der Waals surface area contributed by atoms with Gasteiger partial charge in [0.05, 0.1) is 12.6 Å². The summed E-state index contributed by atoms with van der Waals surface area (Å²) >= 11 is 3.45. The number of nitrogens with zero attached hydrogens (tertiary/aromatic N) is 2. The highest BCUT2D eigenvalue weighted by Gasteiger charge is 2.21. The molecule has 0 atom stereocenters. The SMILES string of the molecule is CCNC(=NCCOc1cccc(Br)c1)N1CCC(OCCCOC)CC1. The lowest BCUT2D eigenvalue weighted by atomic mass is 10.1. The second kappa shape index (κ2) is 13.0. The van der Waals surface area contributed by atoms with E-state index in [1.165, 1.54) is 0 Å². The number of ether oxygens (including phenoxy) is 3. The highest BCUT2D eigenvalue weighted by molar-refractivity contribution is 9.10. The molecule has 0 radical (unpaired) electrons. The van der Waals surface area contributed by atoms with Crippen LogP contribution in [0, 0.1) is 0 Å². The Balaban J connectivity index is 1.73. The minimum absolute atomic E-state index is 0.348. The van der Waals surface area contributed by atoms with Gasteiger partial charge in [-0.1, -0.05) is 22.0 Å². The summed E-state index contributed by atoms with van der Waals surface area (Å²) in [5.74, 6) is 1.82.